The van der Waals surface area contributed by atoms with Crippen LogP contribution in [0.5, 0.6) is 0 Å². The van der Waals surface area contributed by atoms with Crippen molar-refractivity contribution in [3.8, 4) is 0 Å². The number of carbonyl (C=O) groups excluding carboxylic acids is 1. The van der Waals surface area contributed by atoms with E-state index in [-0.39, 0.29) is 18.2 Å². The highest BCUT2D eigenvalue weighted by atomic mass is 16.6. The van der Waals surface area contributed by atoms with E-state index in [1.54, 1.807) is 0 Å². The first-order chi connectivity index (χ1) is 6.22. The first-order valence-electron chi connectivity index (χ1n) is 5.03. The summed E-state index contributed by atoms with van der Waals surface area (Å²) in [5.41, 5.74) is 0. The van der Waals surface area contributed by atoms with Crippen LogP contribution in [0, 0.1) is 0 Å². The Morgan fingerprint density at radius 2 is 2.38 bits per heavy atom. The predicted molar refractivity (Wildman–Crippen MR) is 49.4 cm³/mol. The Labute approximate surface area is 79.4 Å². The molecule has 1 rings (SSSR count). The van der Waals surface area contributed by atoms with Crippen LogP contribution in [0.2, 0.25) is 0 Å². The highest BCUT2D eigenvalue weighted by molar-refractivity contribution is 5.69. The lowest BCUT2D eigenvalue weighted by Crippen LogP contribution is -2.30. The Morgan fingerprint density at radius 3 is 3.00 bits per heavy atom. The van der Waals surface area contributed by atoms with Gasteiger partial charge in [-0.05, 0) is 13.3 Å². The van der Waals surface area contributed by atoms with Gasteiger partial charge in [-0.25, -0.2) is 0 Å². The average molecular weight is 186 g/mol. The number of rotatable bonds is 3. The summed E-state index contributed by atoms with van der Waals surface area (Å²) in [5.74, 6) is -0.0680. The van der Waals surface area contributed by atoms with E-state index in [0.29, 0.717) is 13.0 Å². The van der Waals surface area contributed by atoms with Gasteiger partial charge in [0.15, 0.2) is 0 Å². The van der Waals surface area contributed by atoms with Crippen LogP contribution in [0.4, 0.5) is 0 Å². The van der Waals surface area contributed by atoms with Crippen LogP contribution in [0.25, 0.3) is 0 Å². The van der Waals surface area contributed by atoms with E-state index in [9.17, 15) is 4.79 Å². The quantitative estimate of drug-likeness (QED) is 0.631. The fourth-order valence-electron chi connectivity index (χ4n) is 1.51. The molecule has 0 amide bonds. The number of esters is 1. The van der Waals surface area contributed by atoms with Crippen LogP contribution >= 0.6 is 0 Å². The smallest absolute Gasteiger partial charge is 0.306 e. The highest BCUT2D eigenvalue weighted by Gasteiger charge is 2.22. The molecule has 1 unspecified atom stereocenters. The largest absolute Gasteiger partial charge is 0.462 e. The van der Waals surface area contributed by atoms with E-state index >= 15 is 0 Å². The third-order valence-corrected chi connectivity index (χ3v) is 2.19. The maximum Gasteiger partial charge on any atom is 0.306 e. The fraction of sp³-hybridized carbons (Fsp3) is 0.900. The van der Waals surface area contributed by atoms with Gasteiger partial charge in [0.2, 0.25) is 0 Å². The summed E-state index contributed by atoms with van der Waals surface area (Å²) in [7, 11) is 0. The molecule has 0 radical (unpaired) electrons. The fourth-order valence-corrected chi connectivity index (χ4v) is 1.51. The molecule has 76 valence electrons. The summed E-state index contributed by atoms with van der Waals surface area (Å²) < 4.78 is 10.6. The third kappa shape index (κ3) is 3.77. The molecule has 0 aromatic carbocycles. The van der Waals surface area contributed by atoms with Crippen molar-refractivity contribution >= 4 is 5.97 Å². The molecular formula is C10H18O3. The van der Waals surface area contributed by atoms with Crippen LogP contribution < -0.4 is 0 Å². The number of ether oxygens (including phenoxy) is 2. The third-order valence-electron chi connectivity index (χ3n) is 2.19. The van der Waals surface area contributed by atoms with Crippen LogP contribution in [0.3, 0.4) is 0 Å². The molecule has 0 aromatic heterocycles. The molecule has 0 N–H and O–H groups in total. The molecule has 2 atom stereocenters. The number of carbonyl (C=O) groups is 1. The highest BCUT2D eigenvalue weighted by Crippen LogP contribution is 2.16. The molecule has 3 nitrogen and oxygen atoms in total. The molecule has 1 aliphatic rings. The van der Waals surface area contributed by atoms with Crippen molar-refractivity contribution in [2.75, 3.05) is 6.61 Å². The zero-order chi connectivity index (χ0) is 9.68. The summed E-state index contributed by atoms with van der Waals surface area (Å²) in [5, 5.41) is 0. The molecule has 1 fully saturated rings. The minimum absolute atomic E-state index is 0.0680. The zero-order valence-electron chi connectivity index (χ0n) is 8.41. The van der Waals surface area contributed by atoms with Gasteiger partial charge in [-0.1, -0.05) is 6.92 Å². The van der Waals surface area contributed by atoms with E-state index in [1.807, 2.05) is 13.8 Å². The van der Waals surface area contributed by atoms with Crippen molar-refractivity contribution < 1.29 is 14.3 Å². The van der Waals surface area contributed by atoms with E-state index in [0.717, 1.165) is 19.3 Å². The standard InChI is InChI=1S/C10H18O3/c1-3-4-10(11)13-9-5-6-12-8(2)7-9/h8-9H,3-7H2,1-2H3/t8-,9?/m1/s1. The summed E-state index contributed by atoms with van der Waals surface area (Å²) in [6.45, 7) is 4.71. The minimum atomic E-state index is -0.0680. The molecule has 0 bridgehead atoms. The monoisotopic (exact) mass is 186 g/mol. The van der Waals surface area contributed by atoms with E-state index in [2.05, 4.69) is 0 Å². The summed E-state index contributed by atoms with van der Waals surface area (Å²) in [4.78, 5) is 11.2. The van der Waals surface area contributed by atoms with Gasteiger partial charge in [0.05, 0.1) is 12.7 Å². The van der Waals surface area contributed by atoms with Crippen molar-refractivity contribution in [2.45, 2.75) is 51.7 Å². The first-order valence-corrected chi connectivity index (χ1v) is 5.03. The van der Waals surface area contributed by atoms with Crippen LogP contribution in [-0.2, 0) is 14.3 Å². The second-order valence-corrected chi connectivity index (χ2v) is 3.57. The van der Waals surface area contributed by atoms with Crippen LogP contribution in [0.1, 0.15) is 39.5 Å². The average Bonchev–Trinajstić information content (AvgIpc) is 2.04. The van der Waals surface area contributed by atoms with E-state index in [4.69, 9.17) is 9.47 Å². The Kier molecular flexibility index (Phi) is 4.22. The lowest BCUT2D eigenvalue weighted by Gasteiger charge is -2.26. The van der Waals surface area contributed by atoms with Crippen molar-refractivity contribution in [2.24, 2.45) is 0 Å². The first kappa shape index (κ1) is 10.5. The molecule has 13 heavy (non-hydrogen) atoms. The van der Waals surface area contributed by atoms with Crippen molar-refractivity contribution in [3.63, 3.8) is 0 Å². The predicted octanol–water partition coefficient (Wildman–Crippen LogP) is 1.90. The molecule has 1 saturated heterocycles. The van der Waals surface area contributed by atoms with E-state index in [1.165, 1.54) is 0 Å². The van der Waals surface area contributed by atoms with Gasteiger partial charge in [-0.15, -0.1) is 0 Å². The molecule has 0 aliphatic carbocycles. The molecule has 0 saturated carbocycles. The maximum absolute atomic E-state index is 11.2. The van der Waals surface area contributed by atoms with Gasteiger partial charge in [0, 0.05) is 19.3 Å². The normalized spacial score (nSPS) is 28.5. The SMILES string of the molecule is CCCC(=O)OC1CCO[C@H](C)C1. The van der Waals surface area contributed by atoms with Crippen LogP contribution in [-0.4, -0.2) is 24.8 Å². The lowest BCUT2D eigenvalue weighted by atomic mass is 10.1. The second kappa shape index (κ2) is 5.22. The van der Waals surface area contributed by atoms with Crippen molar-refractivity contribution in [1.82, 2.24) is 0 Å². The maximum atomic E-state index is 11.2. The Hall–Kier alpha value is -0.570. The summed E-state index contributed by atoms with van der Waals surface area (Å²) >= 11 is 0. The number of hydrogen-bond donors (Lipinski definition) is 0. The summed E-state index contributed by atoms with van der Waals surface area (Å²) in [6.07, 6.45) is 3.40. The van der Waals surface area contributed by atoms with Crippen molar-refractivity contribution in [1.29, 1.82) is 0 Å². The summed E-state index contributed by atoms with van der Waals surface area (Å²) in [6, 6.07) is 0. The molecule has 3 heteroatoms. The molecule has 0 aromatic rings. The van der Waals surface area contributed by atoms with Gasteiger partial charge in [0.25, 0.3) is 0 Å². The zero-order valence-corrected chi connectivity index (χ0v) is 8.41. The minimum Gasteiger partial charge on any atom is -0.462 e. The van der Waals surface area contributed by atoms with Crippen molar-refractivity contribution in [3.05, 3.63) is 0 Å². The molecule has 1 heterocycles. The number of hydrogen-bond acceptors (Lipinski definition) is 3. The van der Waals surface area contributed by atoms with Gasteiger partial charge in [-0.3, -0.25) is 4.79 Å². The Morgan fingerprint density at radius 1 is 1.62 bits per heavy atom. The second-order valence-electron chi connectivity index (χ2n) is 3.57. The van der Waals surface area contributed by atoms with E-state index < -0.39 is 0 Å². The van der Waals surface area contributed by atoms with Gasteiger partial charge in [-0.2, -0.15) is 0 Å². The topological polar surface area (TPSA) is 35.5 Å². The van der Waals surface area contributed by atoms with Gasteiger partial charge in [0.1, 0.15) is 6.10 Å². The molecular weight excluding hydrogens is 168 g/mol. The molecule has 0 spiro atoms. The molecule has 1 aliphatic heterocycles. The lowest BCUT2D eigenvalue weighted by molar-refractivity contribution is -0.155. The van der Waals surface area contributed by atoms with Gasteiger partial charge >= 0.3 is 5.97 Å². The van der Waals surface area contributed by atoms with Crippen LogP contribution in [0.15, 0.2) is 0 Å². The van der Waals surface area contributed by atoms with Gasteiger partial charge < -0.3 is 9.47 Å². The Balaban J connectivity index is 2.23. The Bertz CT molecular complexity index is 168.